The number of nitrogens with zero attached hydrogens (tertiary/aromatic N) is 4. The SMILES string of the molecule is CN(c1ccc(C(=O)NC2CCN(c3nccc(C4CC4)n3)C2)cc1)S(C)(=O)=O. The highest BCUT2D eigenvalue weighted by Gasteiger charge is 2.29. The van der Waals surface area contributed by atoms with E-state index >= 15 is 0 Å². The van der Waals surface area contributed by atoms with Gasteiger partial charge in [-0.15, -0.1) is 0 Å². The molecule has 1 atom stereocenters. The van der Waals surface area contributed by atoms with E-state index in [0.717, 1.165) is 30.9 Å². The molecule has 1 unspecified atom stereocenters. The van der Waals surface area contributed by atoms with Crippen LogP contribution < -0.4 is 14.5 Å². The van der Waals surface area contributed by atoms with Crippen molar-refractivity contribution in [2.45, 2.75) is 31.2 Å². The molecule has 4 rings (SSSR count). The molecule has 154 valence electrons. The Morgan fingerprint density at radius 3 is 2.55 bits per heavy atom. The minimum atomic E-state index is -3.33. The summed E-state index contributed by atoms with van der Waals surface area (Å²) in [4.78, 5) is 23.8. The van der Waals surface area contributed by atoms with Crippen molar-refractivity contribution >= 4 is 27.6 Å². The first-order valence-corrected chi connectivity index (χ1v) is 11.6. The predicted octanol–water partition coefficient (Wildman–Crippen LogP) is 1.76. The number of benzene rings is 1. The van der Waals surface area contributed by atoms with Crippen LogP contribution in [0.4, 0.5) is 11.6 Å². The lowest BCUT2D eigenvalue weighted by molar-refractivity contribution is 0.0940. The molecule has 1 N–H and O–H groups in total. The smallest absolute Gasteiger partial charge is 0.251 e. The fourth-order valence-corrected chi connectivity index (χ4v) is 3.97. The van der Waals surface area contributed by atoms with Gasteiger partial charge in [-0.05, 0) is 49.6 Å². The molecule has 1 aliphatic carbocycles. The van der Waals surface area contributed by atoms with E-state index in [2.05, 4.69) is 20.2 Å². The first kappa shape index (κ1) is 19.6. The summed E-state index contributed by atoms with van der Waals surface area (Å²) in [6.07, 6.45) is 6.19. The predicted molar refractivity (Wildman–Crippen MR) is 112 cm³/mol. The van der Waals surface area contributed by atoms with Gasteiger partial charge in [-0.25, -0.2) is 18.4 Å². The summed E-state index contributed by atoms with van der Waals surface area (Å²) in [7, 11) is -1.85. The maximum Gasteiger partial charge on any atom is 0.251 e. The van der Waals surface area contributed by atoms with E-state index < -0.39 is 10.0 Å². The number of aromatic nitrogens is 2. The molecule has 1 aromatic carbocycles. The minimum absolute atomic E-state index is 0.0223. The molecule has 0 radical (unpaired) electrons. The largest absolute Gasteiger partial charge is 0.347 e. The van der Waals surface area contributed by atoms with Crippen LogP contribution in [-0.4, -0.2) is 56.7 Å². The van der Waals surface area contributed by atoms with Crippen LogP contribution in [0.5, 0.6) is 0 Å². The second kappa shape index (κ2) is 7.62. The highest BCUT2D eigenvalue weighted by Crippen LogP contribution is 2.39. The average Bonchev–Trinajstić information content (AvgIpc) is 3.46. The third-order valence-electron chi connectivity index (χ3n) is 5.46. The molecule has 0 spiro atoms. The maximum atomic E-state index is 12.6. The van der Waals surface area contributed by atoms with Crippen LogP contribution in [0, 0.1) is 0 Å². The number of carbonyl (C=O) groups excluding carboxylic acids is 1. The van der Waals surface area contributed by atoms with Gasteiger partial charge in [-0.2, -0.15) is 0 Å². The molecular weight excluding hydrogens is 390 g/mol. The van der Waals surface area contributed by atoms with Gasteiger partial charge in [0.2, 0.25) is 16.0 Å². The monoisotopic (exact) mass is 415 g/mol. The van der Waals surface area contributed by atoms with Gasteiger partial charge in [0.15, 0.2) is 0 Å². The molecule has 1 aromatic heterocycles. The van der Waals surface area contributed by atoms with Gasteiger partial charge in [0, 0.05) is 49.6 Å². The zero-order valence-corrected chi connectivity index (χ0v) is 17.4. The molecule has 9 heteroatoms. The fourth-order valence-electron chi connectivity index (χ4n) is 3.46. The standard InChI is InChI=1S/C20H25N5O3S/c1-24(29(2,27)28)17-7-5-15(6-8-17)19(26)22-16-10-12-25(13-16)20-21-11-9-18(23-20)14-3-4-14/h5-9,11,14,16H,3-4,10,12-13H2,1-2H3,(H,22,26). The molecule has 8 nitrogen and oxygen atoms in total. The van der Waals surface area contributed by atoms with Gasteiger partial charge < -0.3 is 10.2 Å². The third kappa shape index (κ3) is 4.50. The van der Waals surface area contributed by atoms with Crippen molar-refractivity contribution in [3.05, 3.63) is 47.8 Å². The van der Waals surface area contributed by atoms with E-state index in [-0.39, 0.29) is 11.9 Å². The van der Waals surface area contributed by atoms with Crippen LogP contribution in [-0.2, 0) is 10.0 Å². The highest BCUT2D eigenvalue weighted by molar-refractivity contribution is 7.92. The van der Waals surface area contributed by atoms with Gasteiger partial charge in [0.25, 0.3) is 5.91 Å². The molecule has 2 aromatic rings. The van der Waals surface area contributed by atoms with Crippen molar-refractivity contribution in [1.82, 2.24) is 15.3 Å². The Kier molecular flexibility index (Phi) is 5.16. The minimum Gasteiger partial charge on any atom is -0.347 e. The van der Waals surface area contributed by atoms with Crippen molar-refractivity contribution < 1.29 is 13.2 Å². The van der Waals surface area contributed by atoms with Crippen molar-refractivity contribution in [2.75, 3.05) is 35.6 Å². The van der Waals surface area contributed by atoms with Gasteiger partial charge in [0.05, 0.1) is 11.9 Å². The third-order valence-corrected chi connectivity index (χ3v) is 6.66. The normalized spacial score (nSPS) is 19.2. The van der Waals surface area contributed by atoms with Gasteiger partial charge in [-0.3, -0.25) is 9.10 Å². The highest BCUT2D eigenvalue weighted by atomic mass is 32.2. The Morgan fingerprint density at radius 2 is 1.90 bits per heavy atom. The zero-order chi connectivity index (χ0) is 20.6. The number of rotatable bonds is 6. The Hall–Kier alpha value is -2.68. The molecule has 1 saturated heterocycles. The summed E-state index contributed by atoms with van der Waals surface area (Å²) in [5, 5.41) is 3.06. The number of nitrogens with one attached hydrogen (secondary N) is 1. The zero-order valence-electron chi connectivity index (χ0n) is 16.6. The summed E-state index contributed by atoms with van der Waals surface area (Å²) >= 11 is 0. The summed E-state index contributed by atoms with van der Waals surface area (Å²) in [5.74, 6) is 1.15. The quantitative estimate of drug-likeness (QED) is 0.772. The Bertz CT molecular complexity index is 1010. The topological polar surface area (TPSA) is 95.5 Å². The second-order valence-corrected chi connectivity index (χ2v) is 9.75. The van der Waals surface area contributed by atoms with Crippen molar-refractivity contribution in [3.63, 3.8) is 0 Å². The van der Waals surface area contributed by atoms with Crippen LogP contribution in [0.15, 0.2) is 36.5 Å². The molecule has 0 bridgehead atoms. The van der Waals surface area contributed by atoms with Gasteiger partial charge >= 0.3 is 0 Å². The van der Waals surface area contributed by atoms with Gasteiger partial charge in [-0.1, -0.05) is 0 Å². The van der Waals surface area contributed by atoms with Crippen LogP contribution >= 0.6 is 0 Å². The number of hydrogen-bond acceptors (Lipinski definition) is 6. The Labute approximate surface area is 171 Å². The molecule has 2 aliphatic rings. The lowest BCUT2D eigenvalue weighted by Crippen LogP contribution is -2.37. The van der Waals surface area contributed by atoms with Crippen molar-refractivity contribution in [2.24, 2.45) is 0 Å². The number of amides is 1. The Balaban J connectivity index is 1.36. The first-order valence-electron chi connectivity index (χ1n) is 9.74. The van der Waals surface area contributed by atoms with E-state index in [0.29, 0.717) is 23.7 Å². The van der Waals surface area contributed by atoms with Crippen molar-refractivity contribution in [1.29, 1.82) is 0 Å². The van der Waals surface area contributed by atoms with Crippen LogP contribution in [0.25, 0.3) is 0 Å². The molecule has 29 heavy (non-hydrogen) atoms. The lowest BCUT2D eigenvalue weighted by atomic mass is 10.1. The number of sulfonamides is 1. The Morgan fingerprint density at radius 1 is 1.17 bits per heavy atom. The maximum absolute atomic E-state index is 12.6. The van der Waals surface area contributed by atoms with Crippen LogP contribution in [0.3, 0.4) is 0 Å². The van der Waals surface area contributed by atoms with Gasteiger partial charge in [0.1, 0.15) is 0 Å². The first-order chi connectivity index (χ1) is 13.8. The van der Waals surface area contributed by atoms with E-state index in [9.17, 15) is 13.2 Å². The van der Waals surface area contributed by atoms with Crippen LogP contribution in [0.1, 0.15) is 41.2 Å². The molecule has 2 fully saturated rings. The number of carbonyl (C=O) groups is 1. The summed E-state index contributed by atoms with van der Waals surface area (Å²) in [6.45, 7) is 1.48. The second-order valence-electron chi connectivity index (χ2n) is 7.74. The van der Waals surface area contributed by atoms with Crippen LogP contribution in [0.2, 0.25) is 0 Å². The fraction of sp³-hybridized carbons (Fsp3) is 0.450. The lowest BCUT2D eigenvalue weighted by Gasteiger charge is -2.18. The molecule has 1 amide bonds. The summed E-state index contributed by atoms with van der Waals surface area (Å²) in [5.41, 5.74) is 2.13. The molecule has 2 heterocycles. The van der Waals surface area contributed by atoms with E-state index in [1.807, 2.05) is 12.3 Å². The van der Waals surface area contributed by atoms with E-state index in [1.165, 1.54) is 24.2 Å². The van der Waals surface area contributed by atoms with E-state index in [1.54, 1.807) is 24.3 Å². The average molecular weight is 416 g/mol. The number of hydrogen-bond donors (Lipinski definition) is 1. The van der Waals surface area contributed by atoms with Crippen molar-refractivity contribution in [3.8, 4) is 0 Å². The molecule has 1 aliphatic heterocycles. The molecular formula is C20H25N5O3S. The molecule has 1 saturated carbocycles. The number of anilines is 2. The van der Waals surface area contributed by atoms with E-state index in [4.69, 9.17) is 0 Å². The summed E-state index contributed by atoms with van der Waals surface area (Å²) < 4.78 is 24.4. The summed E-state index contributed by atoms with van der Waals surface area (Å²) in [6, 6.07) is 8.56.